The molecule has 0 bridgehead atoms. The molecule has 2 heterocycles. The number of alkyl halides is 3. The second kappa shape index (κ2) is 8.12. The van der Waals surface area contributed by atoms with E-state index in [1.165, 1.54) is 6.20 Å². The molecule has 3 rings (SSSR count). The number of aromatic nitrogens is 2. The summed E-state index contributed by atoms with van der Waals surface area (Å²) in [6.07, 6.45) is -0.586. The van der Waals surface area contributed by atoms with Crippen LogP contribution in [-0.2, 0) is 6.18 Å². The van der Waals surface area contributed by atoms with E-state index in [2.05, 4.69) is 10.4 Å². The Morgan fingerprint density at radius 1 is 1.30 bits per heavy atom. The lowest BCUT2D eigenvalue weighted by molar-refractivity contribution is -0.141. The fourth-order valence-electron chi connectivity index (χ4n) is 3.38. The van der Waals surface area contributed by atoms with Gasteiger partial charge < -0.3 is 10.2 Å². The third-order valence-electron chi connectivity index (χ3n) is 4.71. The highest BCUT2D eigenvalue weighted by Crippen LogP contribution is 2.28. The first-order valence-corrected chi connectivity index (χ1v) is 9.15. The maximum absolute atomic E-state index is 13.1. The quantitative estimate of drug-likeness (QED) is 0.864. The van der Waals surface area contributed by atoms with Crippen molar-refractivity contribution in [2.75, 3.05) is 19.6 Å². The number of carbonyl (C=O) groups excluding carboxylic acids is 1. The van der Waals surface area contributed by atoms with Crippen molar-refractivity contribution in [3.05, 3.63) is 47.8 Å². The van der Waals surface area contributed by atoms with Crippen LogP contribution in [0.2, 0.25) is 0 Å². The van der Waals surface area contributed by atoms with Crippen molar-refractivity contribution in [1.29, 1.82) is 0 Å². The number of rotatable bonds is 5. The second-order valence-electron chi connectivity index (χ2n) is 6.67. The van der Waals surface area contributed by atoms with Crippen molar-refractivity contribution in [2.45, 2.75) is 38.4 Å². The zero-order chi connectivity index (χ0) is 19.4. The third kappa shape index (κ3) is 4.50. The largest absolute Gasteiger partial charge is 0.435 e. The fourth-order valence-corrected chi connectivity index (χ4v) is 3.38. The molecule has 1 aromatic carbocycles. The van der Waals surface area contributed by atoms with Crippen LogP contribution in [0.5, 0.6) is 0 Å². The Kier molecular flexibility index (Phi) is 5.84. The van der Waals surface area contributed by atoms with E-state index in [1.54, 1.807) is 24.3 Å². The number of benzene rings is 1. The number of hydrogen-bond acceptors (Lipinski definition) is 3. The van der Waals surface area contributed by atoms with Gasteiger partial charge >= 0.3 is 6.18 Å². The summed E-state index contributed by atoms with van der Waals surface area (Å²) < 4.78 is 39.5. The molecular weight excluding hydrogens is 357 g/mol. The first-order chi connectivity index (χ1) is 12.9. The van der Waals surface area contributed by atoms with Crippen LogP contribution in [0.4, 0.5) is 13.2 Å². The summed E-state index contributed by atoms with van der Waals surface area (Å²) in [6, 6.07) is 7.71. The lowest BCUT2D eigenvalue weighted by Gasteiger charge is -2.34. The van der Waals surface area contributed by atoms with Crippen LogP contribution in [0.15, 0.2) is 36.5 Å². The van der Waals surface area contributed by atoms with E-state index in [1.807, 2.05) is 11.8 Å². The second-order valence-corrected chi connectivity index (χ2v) is 6.67. The summed E-state index contributed by atoms with van der Waals surface area (Å²) in [6.45, 7) is 4.45. The maximum atomic E-state index is 13.1. The monoisotopic (exact) mass is 380 g/mol. The van der Waals surface area contributed by atoms with Crippen LogP contribution < -0.4 is 5.32 Å². The van der Waals surface area contributed by atoms with Gasteiger partial charge in [0.15, 0.2) is 5.69 Å². The highest BCUT2D eigenvalue weighted by Gasteiger charge is 2.33. The number of amides is 1. The van der Waals surface area contributed by atoms with Crippen molar-refractivity contribution in [3.8, 4) is 5.69 Å². The van der Waals surface area contributed by atoms with Gasteiger partial charge in [-0.05, 0) is 56.6 Å². The van der Waals surface area contributed by atoms with E-state index in [9.17, 15) is 18.0 Å². The molecule has 1 saturated heterocycles. The predicted octanol–water partition coefficient (Wildman–Crippen LogP) is 3.50. The van der Waals surface area contributed by atoms with Crippen LogP contribution >= 0.6 is 0 Å². The summed E-state index contributed by atoms with van der Waals surface area (Å²) in [7, 11) is 0. The van der Waals surface area contributed by atoms with Gasteiger partial charge in [-0.2, -0.15) is 18.3 Å². The molecule has 1 aliphatic rings. The van der Waals surface area contributed by atoms with E-state index in [0.29, 0.717) is 17.8 Å². The Labute approximate surface area is 156 Å². The van der Waals surface area contributed by atoms with Gasteiger partial charge in [-0.15, -0.1) is 0 Å². The van der Waals surface area contributed by atoms with E-state index in [-0.39, 0.29) is 11.9 Å². The normalized spacial score (nSPS) is 15.7. The van der Waals surface area contributed by atoms with E-state index in [0.717, 1.165) is 43.1 Å². The minimum atomic E-state index is -4.49. The molecular formula is C19H23F3N4O. The molecule has 1 fully saturated rings. The summed E-state index contributed by atoms with van der Waals surface area (Å²) in [5.41, 5.74) is -0.0665. The van der Waals surface area contributed by atoms with E-state index >= 15 is 0 Å². The summed E-state index contributed by atoms with van der Waals surface area (Å²) in [5, 5.41) is 6.88. The highest BCUT2D eigenvalue weighted by atomic mass is 19.4. The Balaban J connectivity index is 1.84. The van der Waals surface area contributed by atoms with Crippen LogP contribution in [0, 0.1) is 0 Å². The van der Waals surface area contributed by atoms with Gasteiger partial charge in [-0.1, -0.05) is 13.0 Å². The minimum Gasteiger partial charge on any atom is -0.336 e. The van der Waals surface area contributed by atoms with Gasteiger partial charge in [0.25, 0.3) is 5.91 Å². The number of carbonyl (C=O) groups is 1. The molecule has 1 N–H and O–H groups in total. The lowest BCUT2D eigenvalue weighted by Crippen LogP contribution is -2.46. The smallest absolute Gasteiger partial charge is 0.336 e. The Morgan fingerprint density at radius 2 is 2.04 bits per heavy atom. The van der Waals surface area contributed by atoms with Gasteiger partial charge in [0, 0.05) is 24.3 Å². The molecule has 1 aromatic heterocycles. The molecule has 0 spiro atoms. The number of nitrogens with zero attached hydrogens (tertiary/aromatic N) is 3. The van der Waals surface area contributed by atoms with Gasteiger partial charge in [0.1, 0.15) is 0 Å². The zero-order valence-corrected chi connectivity index (χ0v) is 15.2. The molecule has 0 aliphatic carbocycles. The Hall–Kier alpha value is -2.35. The van der Waals surface area contributed by atoms with Crippen LogP contribution in [0.25, 0.3) is 5.69 Å². The number of halogens is 3. The van der Waals surface area contributed by atoms with Crippen LogP contribution in [0.3, 0.4) is 0 Å². The number of nitrogens with one attached hydrogen (secondary N) is 1. The topological polar surface area (TPSA) is 50.2 Å². The summed E-state index contributed by atoms with van der Waals surface area (Å²) >= 11 is 0. The average Bonchev–Trinajstić information content (AvgIpc) is 3.17. The molecule has 1 aliphatic heterocycles. The molecule has 27 heavy (non-hydrogen) atoms. The zero-order valence-electron chi connectivity index (χ0n) is 15.2. The van der Waals surface area contributed by atoms with E-state index in [4.69, 9.17) is 0 Å². The summed E-state index contributed by atoms with van der Waals surface area (Å²) in [4.78, 5) is 15.0. The van der Waals surface area contributed by atoms with Gasteiger partial charge in [-0.25, -0.2) is 4.68 Å². The fraction of sp³-hybridized carbons (Fsp3) is 0.474. The highest BCUT2D eigenvalue weighted by molar-refractivity contribution is 5.95. The lowest BCUT2D eigenvalue weighted by atomic mass is 10.0. The third-order valence-corrected chi connectivity index (χ3v) is 4.71. The SMILES string of the molecule is CCCN(C(=O)c1cccc(-n2ccc(C(F)(F)F)n2)c1)C1CCNCC1. The molecule has 0 unspecified atom stereocenters. The predicted molar refractivity (Wildman–Crippen MR) is 95.8 cm³/mol. The van der Waals surface area contributed by atoms with Crippen molar-refractivity contribution >= 4 is 5.91 Å². The number of hydrogen-bond donors (Lipinski definition) is 1. The molecule has 8 heteroatoms. The van der Waals surface area contributed by atoms with Crippen molar-refractivity contribution in [1.82, 2.24) is 20.0 Å². The molecule has 0 atom stereocenters. The molecule has 5 nitrogen and oxygen atoms in total. The molecule has 1 amide bonds. The number of piperidine rings is 1. The van der Waals surface area contributed by atoms with Crippen molar-refractivity contribution < 1.29 is 18.0 Å². The summed E-state index contributed by atoms with van der Waals surface area (Å²) in [5.74, 6) is -0.0891. The average molecular weight is 380 g/mol. The first-order valence-electron chi connectivity index (χ1n) is 9.15. The standard InChI is InChI=1S/C19H23F3N4O/c1-2-11-25(15-6-9-23-10-7-15)18(27)14-4-3-5-16(13-14)26-12-8-17(24-26)19(20,21)22/h3-5,8,12-13,15,23H,2,6-7,9-11H2,1H3. The first kappa shape index (κ1) is 19.4. The molecule has 2 aromatic rings. The molecule has 146 valence electrons. The van der Waals surface area contributed by atoms with Gasteiger partial charge in [0.2, 0.25) is 0 Å². The maximum Gasteiger partial charge on any atom is 0.435 e. The van der Waals surface area contributed by atoms with Crippen molar-refractivity contribution in [2.24, 2.45) is 0 Å². The Morgan fingerprint density at radius 3 is 2.67 bits per heavy atom. The van der Waals surface area contributed by atoms with E-state index < -0.39 is 11.9 Å². The van der Waals surface area contributed by atoms with Crippen LogP contribution in [-0.4, -0.2) is 46.3 Å². The van der Waals surface area contributed by atoms with Gasteiger partial charge in [-0.3, -0.25) is 4.79 Å². The minimum absolute atomic E-state index is 0.0891. The van der Waals surface area contributed by atoms with Crippen molar-refractivity contribution in [3.63, 3.8) is 0 Å². The Bertz CT molecular complexity index is 781. The van der Waals surface area contributed by atoms with Crippen LogP contribution in [0.1, 0.15) is 42.2 Å². The van der Waals surface area contributed by atoms with Gasteiger partial charge in [0.05, 0.1) is 5.69 Å². The molecule has 0 saturated carbocycles. The molecule has 0 radical (unpaired) electrons.